The van der Waals surface area contributed by atoms with Crippen molar-refractivity contribution >= 4 is 19.8 Å². The van der Waals surface area contributed by atoms with Crippen molar-refractivity contribution in [1.29, 1.82) is 0 Å². The Morgan fingerprint density at radius 2 is 1.04 bits per heavy atom. The third-order valence-electron chi connectivity index (χ3n) is 8.49. The first kappa shape index (κ1) is 52.5. The number of phosphoric acid groups is 1. The van der Waals surface area contributed by atoms with Crippen molar-refractivity contribution in [3.63, 3.8) is 0 Å². The Kier molecular flexibility index (Phi) is 35.3. The molecule has 0 aliphatic heterocycles. The SMILES string of the molecule is CC/C=C\C/C=C\C/C=C\C/C=C\C/C=C\C/C=C\CCCCCCCCC(=O)OC(COC(=O)CCCCCCCC)COP(=O)([O-])OCC[N+](C)(C)C. The maximum atomic E-state index is 12.6. The van der Waals surface area contributed by atoms with Crippen molar-refractivity contribution in [2.24, 2.45) is 0 Å². The number of quaternary nitrogens is 1. The average molecular weight is 792 g/mol. The minimum Gasteiger partial charge on any atom is -0.756 e. The number of carbonyl (C=O) groups excluding carboxylic acids is 2. The van der Waals surface area contributed by atoms with Crippen LogP contribution in [0.1, 0.15) is 149 Å². The van der Waals surface area contributed by atoms with Crippen molar-refractivity contribution < 1.29 is 42.1 Å². The average Bonchev–Trinajstić information content (AvgIpc) is 3.13. The number of hydrogen-bond acceptors (Lipinski definition) is 8. The lowest BCUT2D eigenvalue weighted by Gasteiger charge is -2.28. The fourth-order valence-corrected chi connectivity index (χ4v) is 5.91. The van der Waals surface area contributed by atoms with Gasteiger partial charge in [0.1, 0.15) is 19.8 Å². The molecule has 0 N–H and O–H groups in total. The Hall–Kier alpha value is -2.55. The molecule has 9 nitrogen and oxygen atoms in total. The van der Waals surface area contributed by atoms with Gasteiger partial charge in [-0.15, -0.1) is 0 Å². The van der Waals surface area contributed by atoms with Crippen molar-refractivity contribution in [1.82, 2.24) is 0 Å². The van der Waals surface area contributed by atoms with Gasteiger partial charge in [0.05, 0.1) is 27.7 Å². The Bertz CT molecular complexity index is 1170. The molecule has 0 bridgehead atoms. The molecule has 0 spiro atoms. The third-order valence-corrected chi connectivity index (χ3v) is 9.46. The van der Waals surface area contributed by atoms with Crippen LogP contribution in [0.3, 0.4) is 0 Å². The first-order chi connectivity index (χ1) is 26.5. The lowest BCUT2D eigenvalue weighted by molar-refractivity contribution is -0.870. The van der Waals surface area contributed by atoms with E-state index in [0.717, 1.165) is 109 Å². The largest absolute Gasteiger partial charge is 0.756 e. The molecule has 55 heavy (non-hydrogen) atoms. The predicted molar refractivity (Wildman–Crippen MR) is 226 cm³/mol. The van der Waals surface area contributed by atoms with Crippen LogP contribution in [-0.4, -0.2) is 70.0 Å². The number of esters is 2. The molecule has 0 aliphatic rings. The van der Waals surface area contributed by atoms with Crippen LogP contribution < -0.4 is 4.89 Å². The summed E-state index contributed by atoms with van der Waals surface area (Å²) in [6.45, 7) is 4.00. The summed E-state index contributed by atoms with van der Waals surface area (Å²) in [5, 5.41) is 0. The summed E-state index contributed by atoms with van der Waals surface area (Å²) in [7, 11) is 1.14. The summed E-state index contributed by atoms with van der Waals surface area (Å²) in [5.74, 6) is -0.869. The number of phosphoric ester groups is 1. The van der Waals surface area contributed by atoms with E-state index in [9.17, 15) is 19.0 Å². The number of ether oxygens (including phenoxy) is 2. The first-order valence-corrected chi connectivity index (χ1v) is 22.6. The second-order valence-corrected chi connectivity index (χ2v) is 16.4. The van der Waals surface area contributed by atoms with Gasteiger partial charge in [-0.3, -0.25) is 14.2 Å². The Morgan fingerprint density at radius 3 is 1.55 bits per heavy atom. The highest BCUT2D eigenvalue weighted by molar-refractivity contribution is 7.45. The number of hydrogen-bond donors (Lipinski definition) is 0. The van der Waals surface area contributed by atoms with Crippen LogP contribution in [0.5, 0.6) is 0 Å². The van der Waals surface area contributed by atoms with E-state index in [-0.39, 0.29) is 26.1 Å². The maximum Gasteiger partial charge on any atom is 0.306 e. The van der Waals surface area contributed by atoms with Gasteiger partial charge in [0.2, 0.25) is 0 Å². The quantitative estimate of drug-likeness (QED) is 0.0201. The molecule has 0 rings (SSSR count). The summed E-state index contributed by atoms with van der Waals surface area (Å²) in [4.78, 5) is 37.2. The standard InChI is InChI=1S/C45H78NO8P/c1-6-8-10-12-14-15-16-17-18-19-20-21-22-23-24-25-26-27-28-29-30-31-32-34-36-38-45(48)54-43(41-51-44(47)37-35-33-13-11-9-7-2)42-53-55(49,50)52-40-39-46(3,4)5/h8,10,14-15,17-18,20-21,23-24,26-27,43H,6-7,9,11-13,16,19,22,25,28-42H2,1-5H3/b10-8-,15-14-,18-17-,21-20-,24-23-,27-26-. The Morgan fingerprint density at radius 1 is 0.582 bits per heavy atom. The topological polar surface area (TPSA) is 111 Å². The van der Waals surface area contributed by atoms with Crippen LogP contribution in [0.2, 0.25) is 0 Å². The van der Waals surface area contributed by atoms with Gasteiger partial charge < -0.3 is 27.9 Å². The molecule has 0 saturated heterocycles. The fourth-order valence-electron chi connectivity index (χ4n) is 5.19. The van der Waals surface area contributed by atoms with E-state index >= 15 is 0 Å². The lowest BCUT2D eigenvalue weighted by Crippen LogP contribution is -2.37. The highest BCUT2D eigenvalue weighted by atomic mass is 31.2. The second kappa shape index (κ2) is 37.1. The van der Waals surface area contributed by atoms with Crippen molar-refractivity contribution in [3.8, 4) is 0 Å². The predicted octanol–water partition coefficient (Wildman–Crippen LogP) is 11.2. The highest BCUT2D eigenvalue weighted by Crippen LogP contribution is 2.38. The number of likely N-dealkylation sites (N-methyl/N-ethyl adjacent to an activating group) is 1. The maximum absolute atomic E-state index is 12.6. The van der Waals surface area contributed by atoms with E-state index in [2.05, 4.69) is 86.8 Å². The van der Waals surface area contributed by atoms with Crippen LogP contribution >= 0.6 is 7.82 Å². The molecule has 0 fully saturated rings. The number of carbonyl (C=O) groups is 2. The molecule has 2 atom stereocenters. The minimum atomic E-state index is -4.62. The zero-order valence-corrected chi connectivity index (χ0v) is 36.2. The molecule has 0 aromatic rings. The van der Waals surface area contributed by atoms with Gasteiger partial charge in [-0.05, 0) is 64.2 Å². The third kappa shape index (κ3) is 40.9. The fraction of sp³-hybridized carbons (Fsp3) is 0.689. The molecule has 0 aromatic heterocycles. The van der Waals surface area contributed by atoms with Crippen LogP contribution in [0.15, 0.2) is 72.9 Å². The number of nitrogens with zero attached hydrogens (tertiary/aromatic N) is 1. The molecular weight excluding hydrogens is 713 g/mol. The van der Waals surface area contributed by atoms with E-state index in [1.54, 1.807) is 0 Å². The molecule has 2 unspecified atom stereocenters. The van der Waals surface area contributed by atoms with Crippen LogP contribution in [0.25, 0.3) is 0 Å². The highest BCUT2D eigenvalue weighted by Gasteiger charge is 2.21. The molecule has 0 radical (unpaired) electrons. The van der Waals surface area contributed by atoms with E-state index < -0.39 is 32.5 Å². The van der Waals surface area contributed by atoms with Gasteiger partial charge in [0, 0.05) is 12.8 Å². The zero-order chi connectivity index (χ0) is 40.7. The summed E-state index contributed by atoms with van der Waals surface area (Å²) < 4.78 is 33.7. The first-order valence-electron chi connectivity index (χ1n) is 21.1. The summed E-state index contributed by atoms with van der Waals surface area (Å²) >= 11 is 0. The second-order valence-electron chi connectivity index (χ2n) is 15.0. The Labute approximate surface area is 336 Å². The van der Waals surface area contributed by atoms with Crippen LogP contribution in [-0.2, 0) is 32.7 Å². The number of unbranched alkanes of at least 4 members (excludes halogenated alkanes) is 11. The number of rotatable bonds is 37. The monoisotopic (exact) mass is 792 g/mol. The Balaban J connectivity index is 4.24. The zero-order valence-electron chi connectivity index (χ0n) is 35.3. The lowest BCUT2D eigenvalue weighted by atomic mass is 10.1. The summed E-state index contributed by atoms with van der Waals surface area (Å²) in [6, 6.07) is 0. The van der Waals surface area contributed by atoms with Crippen molar-refractivity contribution in [2.45, 2.75) is 155 Å². The summed E-state index contributed by atoms with van der Waals surface area (Å²) in [6.07, 6.45) is 45.3. The van der Waals surface area contributed by atoms with Gasteiger partial charge in [-0.25, -0.2) is 0 Å². The molecule has 0 saturated carbocycles. The van der Waals surface area contributed by atoms with Crippen molar-refractivity contribution in [3.05, 3.63) is 72.9 Å². The van der Waals surface area contributed by atoms with Crippen LogP contribution in [0, 0.1) is 0 Å². The minimum absolute atomic E-state index is 0.0372. The smallest absolute Gasteiger partial charge is 0.306 e. The van der Waals surface area contributed by atoms with Gasteiger partial charge in [0.15, 0.2) is 6.10 Å². The van der Waals surface area contributed by atoms with Gasteiger partial charge in [-0.2, -0.15) is 0 Å². The van der Waals surface area contributed by atoms with E-state index in [4.69, 9.17) is 18.5 Å². The number of allylic oxidation sites excluding steroid dienone is 12. The molecule has 0 amide bonds. The van der Waals surface area contributed by atoms with E-state index in [1.165, 1.54) is 6.42 Å². The van der Waals surface area contributed by atoms with Crippen molar-refractivity contribution in [2.75, 3.05) is 47.5 Å². The summed E-state index contributed by atoms with van der Waals surface area (Å²) in [5.41, 5.74) is 0. The molecule has 0 aliphatic carbocycles. The molecule has 0 heterocycles. The van der Waals surface area contributed by atoms with Crippen LogP contribution in [0.4, 0.5) is 0 Å². The molecular formula is C45H78NO8P. The molecule has 316 valence electrons. The normalized spacial score (nSPS) is 14.4. The van der Waals surface area contributed by atoms with E-state index in [1.807, 2.05) is 21.1 Å². The van der Waals surface area contributed by atoms with E-state index in [0.29, 0.717) is 17.4 Å². The van der Waals surface area contributed by atoms with Gasteiger partial charge in [0.25, 0.3) is 7.82 Å². The molecule has 10 heteroatoms. The molecule has 0 aromatic carbocycles. The van der Waals surface area contributed by atoms with Gasteiger partial charge in [-0.1, -0.05) is 145 Å². The van der Waals surface area contributed by atoms with Gasteiger partial charge >= 0.3 is 11.9 Å².